The molecule has 0 aromatic heterocycles. The van der Waals surface area contributed by atoms with Crippen LogP contribution in [0.1, 0.15) is 0 Å². The fraction of sp³-hybridized carbons (Fsp3) is 0.750. The number of rotatable bonds is 2. The van der Waals surface area contributed by atoms with Gasteiger partial charge in [-0.25, -0.2) is 0 Å². The summed E-state index contributed by atoms with van der Waals surface area (Å²) in [6, 6.07) is 0. The molecule has 0 saturated heterocycles. The fourth-order valence-corrected chi connectivity index (χ4v) is 0.919. The standard InChI is InChI=1S/C4H10NO3P/c1-9(2,8)4(7)3(5)6/h4,7H,1-2H3,(H2,5,6). The van der Waals surface area contributed by atoms with Crippen molar-refractivity contribution >= 4 is 13.0 Å². The minimum atomic E-state index is -2.73. The van der Waals surface area contributed by atoms with Gasteiger partial charge in [0.1, 0.15) is 7.14 Å². The molecule has 0 saturated carbocycles. The minimum Gasteiger partial charge on any atom is -0.376 e. The van der Waals surface area contributed by atoms with Gasteiger partial charge in [-0.3, -0.25) is 4.79 Å². The molecule has 0 bridgehead atoms. The molecule has 0 aromatic rings. The van der Waals surface area contributed by atoms with Crippen LogP contribution in [0.2, 0.25) is 0 Å². The average molecular weight is 151 g/mol. The summed E-state index contributed by atoms with van der Waals surface area (Å²) >= 11 is 0. The Morgan fingerprint density at radius 3 is 2.00 bits per heavy atom. The Balaban J connectivity index is 4.23. The quantitative estimate of drug-likeness (QED) is 0.518. The van der Waals surface area contributed by atoms with Gasteiger partial charge in [0.2, 0.25) is 0 Å². The van der Waals surface area contributed by atoms with Crippen LogP contribution in [0.25, 0.3) is 0 Å². The van der Waals surface area contributed by atoms with Crippen LogP contribution >= 0.6 is 7.14 Å². The Morgan fingerprint density at radius 2 is 2.00 bits per heavy atom. The van der Waals surface area contributed by atoms with Gasteiger partial charge in [-0.1, -0.05) is 0 Å². The Morgan fingerprint density at radius 1 is 1.67 bits per heavy atom. The number of carbonyl (C=O) groups is 1. The lowest BCUT2D eigenvalue weighted by Crippen LogP contribution is -2.27. The molecule has 0 aliphatic heterocycles. The molecule has 3 N–H and O–H groups in total. The highest BCUT2D eigenvalue weighted by Crippen LogP contribution is 2.40. The van der Waals surface area contributed by atoms with Crippen LogP contribution in [0, 0.1) is 0 Å². The van der Waals surface area contributed by atoms with E-state index in [4.69, 9.17) is 5.11 Å². The molecule has 0 heterocycles. The number of nitrogens with two attached hydrogens (primary N) is 1. The summed E-state index contributed by atoms with van der Waals surface area (Å²) in [5.74, 6) is -2.42. The lowest BCUT2D eigenvalue weighted by molar-refractivity contribution is -0.122. The van der Waals surface area contributed by atoms with E-state index in [1.165, 1.54) is 13.3 Å². The van der Waals surface area contributed by atoms with Crippen molar-refractivity contribution in [2.45, 2.75) is 5.85 Å². The van der Waals surface area contributed by atoms with E-state index < -0.39 is 18.9 Å². The van der Waals surface area contributed by atoms with Crippen molar-refractivity contribution in [3.8, 4) is 0 Å². The fourth-order valence-electron chi connectivity index (χ4n) is 0.306. The van der Waals surface area contributed by atoms with Gasteiger partial charge in [0.15, 0.2) is 5.85 Å². The van der Waals surface area contributed by atoms with E-state index in [1.807, 2.05) is 0 Å². The van der Waals surface area contributed by atoms with Gasteiger partial charge >= 0.3 is 0 Å². The molecule has 5 heteroatoms. The van der Waals surface area contributed by atoms with Crippen LogP contribution < -0.4 is 5.73 Å². The van der Waals surface area contributed by atoms with Gasteiger partial charge < -0.3 is 15.4 Å². The number of amides is 1. The first-order valence-corrected chi connectivity index (χ1v) is 5.05. The Bertz CT molecular complexity index is 161. The number of primary amides is 1. The first kappa shape index (κ1) is 8.66. The zero-order valence-corrected chi connectivity index (χ0v) is 6.26. The van der Waals surface area contributed by atoms with Crippen molar-refractivity contribution in [1.29, 1.82) is 0 Å². The van der Waals surface area contributed by atoms with E-state index in [0.29, 0.717) is 0 Å². The highest BCUT2D eigenvalue weighted by Gasteiger charge is 2.24. The summed E-state index contributed by atoms with van der Waals surface area (Å²) in [6.07, 6.45) is 0. The second kappa shape index (κ2) is 2.50. The maximum atomic E-state index is 10.8. The van der Waals surface area contributed by atoms with Gasteiger partial charge in [-0.05, 0) is 13.3 Å². The molecule has 9 heavy (non-hydrogen) atoms. The molecule has 54 valence electrons. The summed E-state index contributed by atoms with van der Waals surface area (Å²) < 4.78 is 10.8. The maximum Gasteiger partial charge on any atom is 0.253 e. The van der Waals surface area contributed by atoms with Crippen LogP contribution in [-0.4, -0.2) is 30.2 Å². The third kappa shape index (κ3) is 2.63. The topological polar surface area (TPSA) is 80.4 Å². The third-order valence-corrected chi connectivity index (χ3v) is 2.28. The normalized spacial score (nSPS) is 15.0. The first-order valence-electron chi connectivity index (χ1n) is 2.37. The largest absolute Gasteiger partial charge is 0.376 e. The molecule has 4 nitrogen and oxygen atoms in total. The van der Waals surface area contributed by atoms with Crippen LogP contribution in [0.4, 0.5) is 0 Å². The highest BCUT2D eigenvalue weighted by atomic mass is 31.2. The summed E-state index contributed by atoms with van der Waals surface area (Å²) in [4.78, 5) is 10.1. The predicted molar refractivity (Wildman–Crippen MR) is 34.7 cm³/mol. The second-order valence-corrected chi connectivity index (χ2v) is 5.57. The lowest BCUT2D eigenvalue weighted by atomic mass is 10.7. The molecular weight excluding hydrogens is 141 g/mol. The van der Waals surface area contributed by atoms with Crippen molar-refractivity contribution in [3.63, 3.8) is 0 Å². The van der Waals surface area contributed by atoms with Crippen molar-refractivity contribution in [1.82, 2.24) is 0 Å². The molecule has 0 aliphatic carbocycles. The van der Waals surface area contributed by atoms with Gasteiger partial charge in [0.05, 0.1) is 0 Å². The number of hydrogen-bond donors (Lipinski definition) is 2. The second-order valence-electron chi connectivity index (χ2n) is 2.21. The van der Waals surface area contributed by atoms with E-state index in [9.17, 15) is 9.36 Å². The summed E-state index contributed by atoms with van der Waals surface area (Å²) in [7, 11) is -2.73. The van der Waals surface area contributed by atoms with Crippen molar-refractivity contribution in [2.75, 3.05) is 13.3 Å². The smallest absolute Gasteiger partial charge is 0.253 e. The van der Waals surface area contributed by atoms with Crippen molar-refractivity contribution in [3.05, 3.63) is 0 Å². The molecule has 0 rings (SSSR count). The summed E-state index contributed by atoms with van der Waals surface area (Å²) in [5, 5.41) is 8.73. The van der Waals surface area contributed by atoms with Gasteiger partial charge in [0, 0.05) is 0 Å². The molecule has 0 aromatic carbocycles. The number of carbonyl (C=O) groups excluding carboxylic acids is 1. The average Bonchev–Trinajstić information content (AvgIpc) is 1.62. The molecule has 0 radical (unpaired) electrons. The van der Waals surface area contributed by atoms with Crippen molar-refractivity contribution in [2.24, 2.45) is 5.73 Å². The van der Waals surface area contributed by atoms with E-state index in [1.54, 1.807) is 0 Å². The summed E-state index contributed by atoms with van der Waals surface area (Å²) in [5.41, 5.74) is 4.66. The van der Waals surface area contributed by atoms with Crippen LogP contribution in [0.5, 0.6) is 0 Å². The maximum absolute atomic E-state index is 10.8. The number of hydrogen-bond acceptors (Lipinski definition) is 3. The van der Waals surface area contributed by atoms with Gasteiger partial charge in [0.25, 0.3) is 5.91 Å². The zero-order chi connectivity index (χ0) is 7.65. The van der Waals surface area contributed by atoms with Crippen LogP contribution in [0.3, 0.4) is 0 Å². The molecule has 1 unspecified atom stereocenters. The number of aliphatic hydroxyl groups excluding tert-OH is 1. The van der Waals surface area contributed by atoms with Gasteiger partial charge in [-0.15, -0.1) is 0 Å². The van der Waals surface area contributed by atoms with Crippen molar-refractivity contribution < 1.29 is 14.5 Å². The molecular formula is C4H10NO3P. The van der Waals surface area contributed by atoms with E-state index in [2.05, 4.69) is 5.73 Å². The molecule has 1 atom stereocenters. The molecule has 0 spiro atoms. The summed E-state index contributed by atoms with van der Waals surface area (Å²) in [6.45, 7) is 2.62. The first-order chi connectivity index (χ1) is 3.85. The highest BCUT2D eigenvalue weighted by molar-refractivity contribution is 7.63. The minimum absolute atomic E-state index is 0.927. The third-order valence-electron chi connectivity index (χ3n) is 0.843. The Hall–Kier alpha value is -0.340. The van der Waals surface area contributed by atoms with E-state index >= 15 is 0 Å². The SMILES string of the molecule is CP(C)(=O)C(O)C(N)=O. The predicted octanol–water partition coefficient (Wildman–Crippen LogP) is -0.587. The van der Waals surface area contributed by atoms with Crippen LogP contribution in [0.15, 0.2) is 0 Å². The Kier molecular flexibility index (Phi) is 2.40. The number of aliphatic hydroxyl groups is 1. The molecule has 1 amide bonds. The molecule has 0 aliphatic rings. The van der Waals surface area contributed by atoms with E-state index in [-0.39, 0.29) is 0 Å². The van der Waals surface area contributed by atoms with Crippen LogP contribution in [-0.2, 0) is 9.36 Å². The van der Waals surface area contributed by atoms with E-state index in [0.717, 1.165) is 0 Å². The Labute approximate surface area is 53.4 Å². The molecule has 0 fully saturated rings. The lowest BCUT2D eigenvalue weighted by Gasteiger charge is -2.09. The van der Waals surface area contributed by atoms with Gasteiger partial charge in [-0.2, -0.15) is 0 Å². The zero-order valence-electron chi connectivity index (χ0n) is 5.37. The monoisotopic (exact) mass is 151 g/mol.